The molecular weight excluding hydrogens is 286 g/mol. The molecule has 0 spiro atoms. The molecule has 114 valence electrons. The Morgan fingerprint density at radius 2 is 1.86 bits per heavy atom. The molecule has 0 radical (unpaired) electrons. The van der Waals surface area contributed by atoms with Crippen LogP contribution in [0.4, 0.5) is 5.69 Å². The lowest BCUT2D eigenvalue weighted by Gasteiger charge is -2.02. The van der Waals surface area contributed by atoms with Gasteiger partial charge in [-0.1, -0.05) is 0 Å². The van der Waals surface area contributed by atoms with E-state index in [1.165, 1.54) is 7.11 Å². The zero-order chi connectivity index (χ0) is 16.1. The van der Waals surface area contributed by atoms with Gasteiger partial charge in [0.1, 0.15) is 0 Å². The predicted molar refractivity (Wildman–Crippen MR) is 82.0 cm³/mol. The summed E-state index contributed by atoms with van der Waals surface area (Å²) < 4.78 is 6.14. The zero-order valence-electron chi connectivity index (χ0n) is 11.8. The van der Waals surface area contributed by atoms with E-state index >= 15 is 0 Å². The highest BCUT2D eigenvalue weighted by atomic mass is 16.5. The molecule has 0 bridgehead atoms. The molecule has 0 aliphatic carbocycles. The summed E-state index contributed by atoms with van der Waals surface area (Å²) in [5.74, 6) is -0.699. The fourth-order valence-electron chi connectivity index (χ4n) is 1.65. The number of rotatable bonds is 3. The number of carbonyl (C=O) groups is 1. The van der Waals surface area contributed by atoms with Gasteiger partial charge in [0.2, 0.25) is 5.96 Å². The Bertz CT molecular complexity index is 727. The van der Waals surface area contributed by atoms with Gasteiger partial charge in [-0.05, 0) is 30.3 Å². The molecule has 1 aromatic carbocycles. The first kappa shape index (κ1) is 15.0. The van der Waals surface area contributed by atoms with E-state index in [0.29, 0.717) is 5.69 Å². The van der Waals surface area contributed by atoms with Crippen LogP contribution in [0.2, 0.25) is 0 Å². The number of methoxy groups -OCH3 is 1. The molecule has 6 N–H and O–H groups in total. The second-order valence-electron chi connectivity index (χ2n) is 4.16. The Hall–Kier alpha value is -3.36. The number of aromatic nitrogens is 2. The average Bonchev–Trinajstić information content (AvgIpc) is 2.96. The van der Waals surface area contributed by atoms with E-state index < -0.39 is 5.97 Å². The molecule has 9 nitrogen and oxygen atoms in total. The largest absolute Gasteiger partial charge is 0.464 e. The van der Waals surface area contributed by atoms with E-state index in [1.54, 1.807) is 41.2 Å². The van der Waals surface area contributed by atoms with E-state index in [1.807, 2.05) is 0 Å². The number of nitrogens with two attached hydrogens (primary N) is 3. The van der Waals surface area contributed by atoms with Crippen LogP contribution in [0.25, 0.3) is 5.69 Å². The van der Waals surface area contributed by atoms with Gasteiger partial charge < -0.3 is 21.9 Å². The molecule has 0 saturated carbocycles. The van der Waals surface area contributed by atoms with Crippen molar-refractivity contribution in [2.45, 2.75) is 0 Å². The van der Waals surface area contributed by atoms with Gasteiger partial charge in [-0.15, -0.1) is 0 Å². The third-order valence-corrected chi connectivity index (χ3v) is 2.59. The van der Waals surface area contributed by atoms with E-state index in [9.17, 15) is 4.79 Å². The first-order chi connectivity index (χ1) is 10.5. The van der Waals surface area contributed by atoms with Crippen molar-refractivity contribution >= 4 is 23.6 Å². The molecule has 0 aliphatic heterocycles. The maximum absolute atomic E-state index is 11.4. The number of hydrogen-bond donors (Lipinski definition) is 3. The van der Waals surface area contributed by atoms with E-state index in [2.05, 4.69) is 19.8 Å². The van der Waals surface area contributed by atoms with Crippen molar-refractivity contribution in [1.29, 1.82) is 0 Å². The molecule has 22 heavy (non-hydrogen) atoms. The summed E-state index contributed by atoms with van der Waals surface area (Å²) in [5.41, 5.74) is 17.5. The average molecular weight is 301 g/mol. The Morgan fingerprint density at radius 3 is 2.45 bits per heavy atom. The molecule has 0 saturated heterocycles. The molecule has 9 heteroatoms. The van der Waals surface area contributed by atoms with Crippen molar-refractivity contribution in [2.24, 2.45) is 27.2 Å². The molecule has 0 amide bonds. The quantitative estimate of drug-likeness (QED) is 0.409. The maximum atomic E-state index is 11.4. The summed E-state index contributed by atoms with van der Waals surface area (Å²) in [7, 11) is 1.30. The second kappa shape index (κ2) is 6.39. The van der Waals surface area contributed by atoms with Crippen molar-refractivity contribution in [1.82, 2.24) is 9.78 Å². The van der Waals surface area contributed by atoms with Crippen molar-refractivity contribution in [2.75, 3.05) is 7.11 Å². The normalized spacial score (nSPS) is 11.0. The van der Waals surface area contributed by atoms with Crippen molar-refractivity contribution < 1.29 is 9.53 Å². The molecule has 2 rings (SSSR count). The summed E-state index contributed by atoms with van der Waals surface area (Å²) in [6, 6.07) is 8.51. The van der Waals surface area contributed by atoms with E-state index in [0.717, 1.165) is 5.69 Å². The standard InChI is InChI=1S/C13H15N7O2/c1-22-11(21)10-6-7-20(19-10)9-4-2-8(3-5-9)17-13(16)18-12(14)15/h2-7H,1H3,(H6,14,15,16,17,18). The number of carbonyl (C=O) groups excluding carboxylic acids is 1. The third kappa shape index (κ3) is 3.60. The van der Waals surface area contributed by atoms with Crippen molar-refractivity contribution in [3.8, 4) is 5.69 Å². The molecule has 1 aromatic heterocycles. The monoisotopic (exact) mass is 301 g/mol. The minimum atomic E-state index is -0.495. The number of benzene rings is 1. The maximum Gasteiger partial charge on any atom is 0.358 e. The summed E-state index contributed by atoms with van der Waals surface area (Å²) in [6.07, 6.45) is 1.65. The van der Waals surface area contributed by atoms with Crippen LogP contribution < -0.4 is 17.2 Å². The number of nitrogens with zero attached hydrogens (tertiary/aromatic N) is 4. The van der Waals surface area contributed by atoms with Gasteiger partial charge in [0.25, 0.3) is 0 Å². The lowest BCUT2D eigenvalue weighted by atomic mass is 10.3. The van der Waals surface area contributed by atoms with Crippen LogP contribution in [0.3, 0.4) is 0 Å². The molecule has 1 heterocycles. The second-order valence-corrected chi connectivity index (χ2v) is 4.16. The number of aliphatic imine (C=N–C) groups is 2. The molecule has 0 aliphatic rings. The highest BCUT2D eigenvalue weighted by Crippen LogP contribution is 2.16. The molecule has 2 aromatic rings. The van der Waals surface area contributed by atoms with Crippen molar-refractivity contribution in [3.05, 3.63) is 42.2 Å². The zero-order valence-corrected chi connectivity index (χ0v) is 11.8. The van der Waals surface area contributed by atoms with Crippen LogP contribution in [0.5, 0.6) is 0 Å². The Kier molecular flexibility index (Phi) is 4.37. The SMILES string of the molecule is COC(=O)c1ccn(-c2ccc(N=C(N)N=C(N)N)cc2)n1. The van der Waals surface area contributed by atoms with Crippen LogP contribution >= 0.6 is 0 Å². The van der Waals surface area contributed by atoms with Crippen LogP contribution in [-0.2, 0) is 4.74 Å². The smallest absolute Gasteiger partial charge is 0.358 e. The Balaban J connectivity index is 2.20. The number of esters is 1. The molecule has 0 unspecified atom stereocenters. The summed E-state index contributed by atoms with van der Waals surface area (Å²) in [6.45, 7) is 0. The van der Waals surface area contributed by atoms with E-state index in [-0.39, 0.29) is 17.6 Å². The predicted octanol–water partition coefficient (Wildman–Crippen LogP) is -0.121. The van der Waals surface area contributed by atoms with Gasteiger partial charge >= 0.3 is 5.97 Å². The van der Waals surface area contributed by atoms with Gasteiger partial charge in [0.05, 0.1) is 18.5 Å². The number of hydrogen-bond acceptors (Lipinski definition) is 4. The van der Waals surface area contributed by atoms with Crippen LogP contribution in [0.15, 0.2) is 46.5 Å². The minimum absolute atomic E-state index is 0.0418. The summed E-state index contributed by atoms with van der Waals surface area (Å²) in [5, 5.41) is 4.11. The Morgan fingerprint density at radius 1 is 1.18 bits per heavy atom. The molecular formula is C13H15N7O2. The van der Waals surface area contributed by atoms with Gasteiger partial charge in [0.15, 0.2) is 11.7 Å². The van der Waals surface area contributed by atoms with Crippen LogP contribution in [-0.4, -0.2) is 34.8 Å². The van der Waals surface area contributed by atoms with Gasteiger partial charge in [-0.2, -0.15) is 10.1 Å². The topological polar surface area (TPSA) is 147 Å². The fourth-order valence-corrected chi connectivity index (χ4v) is 1.65. The molecule has 0 fully saturated rings. The first-order valence-corrected chi connectivity index (χ1v) is 6.18. The minimum Gasteiger partial charge on any atom is -0.464 e. The lowest BCUT2D eigenvalue weighted by Crippen LogP contribution is -2.26. The van der Waals surface area contributed by atoms with Crippen molar-refractivity contribution in [3.63, 3.8) is 0 Å². The van der Waals surface area contributed by atoms with E-state index in [4.69, 9.17) is 17.2 Å². The van der Waals surface area contributed by atoms with Gasteiger partial charge in [-0.25, -0.2) is 14.5 Å². The lowest BCUT2D eigenvalue weighted by molar-refractivity contribution is 0.0593. The number of ether oxygens (including phenoxy) is 1. The van der Waals surface area contributed by atoms with Crippen LogP contribution in [0.1, 0.15) is 10.5 Å². The third-order valence-electron chi connectivity index (χ3n) is 2.59. The summed E-state index contributed by atoms with van der Waals surface area (Å²) >= 11 is 0. The summed E-state index contributed by atoms with van der Waals surface area (Å²) in [4.78, 5) is 19.0. The van der Waals surface area contributed by atoms with Gasteiger partial charge in [-0.3, -0.25) is 0 Å². The van der Waals surface area contributed by atoms with Crippen LogP contribution in [0, 0.1) is 0 Å². The van der Waals surface area contributed by atoms with Gasteiger partial charge in [0, 0.05) is 6.20 Å². The number of guanidine groups is 2. The highest BCUT2D eigenvalue weighted by molar-refractivity contribution is 5.93. The first-order valence-electron chi connectivity index (χ1n) is 6.18. The highest BCUT2D eigenvalue weighted by Gasteiger charge is 2.09. The fraction of sp³-hybridized carbons (Fsp3) is 0.0769. The molecule has 0 atom stereocenters. The Labute approximate surface area is 126 Å².